The van der Waals surface area contributed by atoms with E-state index in [1.165, 1.54) is 26.0 Å². The third-order valence-electron chi connectivity index (χ3n) is 3.10. The van der Waals surface area contributed by atoms with E-state index in [9.17, 15) is 0 Å². The summed E-state index contributed by atoms with van der Waals surface area (Å²) in [6.07, 6.45) is 0. The number of halogens is 1. The van der Waals surface area contributed by atoms with E-state index in [0.29, 0.717) is 0 Å². The minimum Gasteiger partial charge on any atom is -1.00 e. The molecule has 0 saturated carbocycles. The molecule has 1 aromatic heterocycles. The van der Waals surface area contributed by atoms with Crippen LogP contribution in [0.4, 0.5) is 0 Å². The van der Waals surface area contributed by atoms with Crippen molar-refractivity contribution >= 4 is 32.3 Å². The van der Waals surface area contributed by atoms with E-state index in [4.69, 9.17) is 0 Å². The van der Waals surface area contributed by atoms with Crippen LogP contribution < -0.4 is 28.5 Å². The van der Waals surface area contributed by atoms with E-state index in [1.54, 1.807) is 0 Å². The minimum atomic E-state index is 0. The summed E-state index contributed by atoms with van der Waals surface area (Å²) in [5, 5.41) is 4.09. The second-order valence-electron chi connectivity index (χ2n) is 4.00. The zero-order valence-electron chi connectivity index (χ0n) is 9.90. The van der Waals surface area contributed by atoms with E-state index >= 15 is 0 Å². The fraction of sp³-hybridized carbons (Fsp3) is 0.214. The first-order valence-corrected chi connectivity index (χ1v) is 6.43. The summed E-state index contributed by atoms with van der Waals surface area (Å²) >= 11 is 1.90. The summed E-state index contributed by atoms with van der Waals surface area (Å²) in [6, 6.07) is 13.1. The molecule has 3 aromatic rings. The summed E-state index contributed by atoms with van der Waals surface area (Å²) < 4.78 is 3.80. The number of aryl methyl sites for hydroxylation is 2. The van der Waals surface area contributed by atoms with Crippen molar-refractivity contribution in [2.45, 2.75) is 20.4 Å². The topological polar surface area (TPSA) is 3.88 Å². The maximum Gasteiger partial charge on any atom is 0.235 e. The van der Waals surface area contributed by atoms with Crippen molar-refractivity contribution in [3.8, 4) is 0 Å². The molecule has 0 N–H and O–H groups in total. The standard InChI is InChI=1S/C14H14NS.HI/c1-3-15-10(2)16-14-12-7-5-4-6-11(12)8-9-13(14)15;/h4-9H,3H2,1-2H3;1H/q+1;/p-1. The fourth-order valence-corrected chi connectivity index (χ4v) is 3.53. The van der Waals surface area contributed by atoms with Gasteiger partial charge in [0.05, 0.1) is 0 Å². The molecule has 2 aromatic carbocycles. The van der Waals surface area contributed by atoms with Crippen LogP contribution in [-0.2, 0) is 6.54 Å². The highest BCUT2D eigenvalue weighted by molar-refractivity contribution is 7.19. The summed E-state index contributed by atoms with van der Waals surface area (Å²) in [6.45, 7) is 5.45. The highest BCUT2D eigenvalue weighted by Gasteiger charge is 2.16. The Morgan fingerprint density at radius 1 is 1.12 bits per heavy atom. The van der Waals surface area contributed by atoms with Crippen molar-refractivity contribution in [2.75, 3.05) is 0 Å². The Bertz CT molecular complexity index is 672. The lowest BCUT2D eigenvalue weighted by Crippen LogP contribution is -3.00. The van der Waals surface area contributed by atoms with Crippen molar-refractivity contribution in [3.63, 3.8) is 0 Å². The van der Waals surface area contributed by atoms with Crippen molar-refractivity contribution in [3.05, 3.63) is 41.4 Å². The molecule has 0 aliphatic carbocycles. The number of fused-ring (bicyclic) bond motifs is 3. The van der Waals surface area contributed by atoms with E-state index in [1.807, 2.05) is 11.3 Å². The zero-order chi connectivity index (χ0) is 11.1. The molecular formula is C14H14INS. The lowest BCUT2D eigenvalue weighted by Gasteiger charge is -1.96. The van der Waals surface area contributed by atoms with Crippen LogP contribution in [0.2, 0.25) is 0 Å². The normalized spacial score (nSPS) is 10.7. The van der Waals surface area contributed by atoms with Crippen molar-refractivity contribution in [1.29, 1.82) is 0 Å². The smallest absolute Gasteiger partial charge is 0.235 e. The summed E-state index contributed by atoms with van der Waals surface area (Å²) in [7, 11) is 0. The number of hydrogen-bond donors (Lipinski definition) is 0. The molecule has 1 heterocycles. The molecule has 0 spiro atoms. The maximum absolute atomic E-state index is 2.38. The first-order valence-electron chi connectivity index (χ1n) is 5.62. The predicted octanol–water partition coefficient (Wildman–Crippen LogP) is 0.674. The molecular weight excluding hydrogens is 341 g/mol. The van der Waals surface area contributed by atoms with Crippen molar-refractivity contribution in [1.82, 2.24) is 0 Å². The maximum atomic E-state index is 2.38. The van der Waals surface area contributed by atoms with Gasteiger partial charge in [0.1, 0.15) is 11.2 Å². The van der Waals surface area contributed by atoms with Gasteiger partial charge in [0.2, 0.25) is 10.5 Å². The Kier molecular flexibility index (Phi) is 3.68. The molecule has 0 bridgehead atoms. The second-order valence-corrected chi connectivity index (χ2v) is 5.20. The summed E-state index contributed by atoms with van der Waals surface area (Å²) in [4.78, 5) is 0. The van der Waals surface area contributed by atoms with Crippen LogP contribution in [0.1, 0.15) is 11.9 Å². The minimum absolute atomic E-state index is 0. The van der Waals surface area contributed by atoms with E-state index in [-0.39, 0.29) is 24.0 Å². The van der Waals surface area contributed by atoms with Crippen LogP contribution in [0.5, 0.6) is 0 Å². The third-order valence-corrected chi connectivity index (χ3v) is 4.24. The zero-order valence-corrected chi connectivity index (χ0v) is 12.9. The fourth-order valence-electron chi connectivity index (χ4n) is 2.32. The lowest BCUT2D eigenvalue weighted by molar-refractivity contribution is -0.669. The van der Waals surface area contributed by atoms with Gasteiger partial charge in [-0.2, -0.15) is 4.57 Å². The van der Waals surface area contributed by atoms with Gasteiger partial charge in [0.25, 0.3) is 0 Å². The Hall–Kier alpha value is -0.680. The van der Waals surface area contributed by atoms with Crippen LogP contribution in [0, 0.1) is 6.92 Å². The Morgan fingerprint density at radius 2 is 1.88 bits per heavy atom. The molecule has 0 radical (unpaired) electrons. The summed E-state index contributed by atoms with van der Waals surface area (Å²) in [5.74, 6) is 0. The highest BCUT2D eigenvalue weighted by Crippen LogP contribution is 2.28. The molecule has 17 heavy (non-hydrogen) atoms. The van der Waals surface area contributed by atoms with E-state index in [0.717, 1.165) is 6.54 Å². The molecule has 88 valence electrons. The Balaban J connectivity index is 0.00000108. The molecule has 1 nitrogen and oxygen atoms in total. The van der Waals surface area contributed by atoms with E-state index < -0.39 is 0 Å². The number of hydrogen-bond acceptors (Lipinski definition) is 1. The van der Waals surface area contributed by atoms with Gasteiger partial charge >= 0.3 is 0 Å². The van der Waals surface area contributed by atoms with Gasteiger partial charge in [-0.15, -0.1) is 0 Å². The van der Waals surface area contributed by atoms with Crippen molar-refractivity contribution in [2.24, 2.45) is 0 Å². The third kappa shape index (κ3) is 1.95. The van der Waals surface area contributed by atoms with Crippen molar-refractivity contribution < 1.29 is 28.5 Å². The van der Waals surface area contributed by atoms with Gasteiger partial charge < -0.3 is 24.0 Å². The molecule has 0 unspecified atom stereocenters. The number of nitrogens with zero attached hydrogens (tertiary/aromatic N) is 1. The number of aromatic nitrogens is 1. The molecule has 3 heteroatoms. The Morgan fingerprint density at radius 3 is 2.65 bits per heavy atom. The predicted molar refractivity (Wildman–Crippen MR) is 69.9 cm³/mol. The van der Waals surface area contributed by atoms with Crippen LogP contribution in [-0.4, -0.2) is 0 Å². The Labute approximate surface area is 122 Å². The van der Waals surface area contributed by atoms with Crippen LogP contribution in [0.25, 0.3) is 21.0 Å². The molecule has 0 amide bonds. The van der Waals surface area contributed by atoms with Gasteiger partial charge in [-0.25, -0.2) is 0 Å². The molecule has 0 aliphatic rings. The second kappa shape index (κ2) is 4.90. The molecule has 0 aliphatic heterocycles. The quantitative estimate of drug-likeness (QED) is 0.447. The van der Waals surface area contributed by atoms with Crippen LogP contribution in [0.3, 0.4) is 0 Å². The number of benzene rings is 2. The van der Waals surface area contributed by atoms with Gasteiger partial charge in [-0.05, 0) is 18.4 Å². The molecule has 0 fully saturated rings. The first kappa shape index (κ1) is 12.8. The van der Waals surface area contributed by atoms with Crippen LogP contribution in [0.15, 0.2) is 36.4 Å². The van der Waals surface area contributed by atoms with Gasteiger partial charge in [0, 0.05) is 18.4 Å². The van der Waals surface area contributed by atoms with Gasteiger partial charge in [-0.3, -0.25) is 0 Å². The molecule has 0 atom stereocenters. The number of thiazole rings is 1. The summed E-state index contributed by atoms with van der Waals surface area (Å²) in [5.41, 5.74) is 1.36. The SMILES string of the molecule is CC[n+]1c(C)sc2c3ccccc3ccc21.[I-]. The van der Waals surface area contributed by atoms with Gasteiger partial charge in [0.15, 0.2) is 0 Å². The molecule has 0 saturated heterocycles. The average Bonchev–Trinajstić information content (AvgIpc) is 2.65. The van der Waals surface area contributed by atoms with E-state index in [2.05, 4.69) is 54.8 Å². The van der Waals surface area contributed by atoms with Gasteiger partial charge in [-0.1, -0.05) is 35.6 Å². The largest absolute Gasteiger partial charge is 1.00 e. The average molecular weight is 355 g/mol. The first-order chi connectivity index (χ1) is 7.81. The number of rotatable bonds is 1. The lowest BCUT2D eigenvalue weighted by atomic mass is 10.1. The van der Waals surface area contributed by atoms with Crippen LogP contribution >= 0.6 is 11.3 Å². The monoisotopic (exact) mass is 355 g/mol. The molecule has 3 rings (SSSR count). The highest BCUT2D eigenvalue weighted by atomic mass is 127.